The molecule has 3 aromatic rings. The highest BCUT2D eigenvalue weighted by atomic mass is 16.5. The summed E-state index contributed by atoms with van der Waals surface area (Å²) in [4.78, 5) is 23.8. The molecule has 5 rings (SSSR count). The molecule has 0 bridgehead atoms. The van der Waals surface area contributed by atoms with Crippen LogP contribution in [0.2, 0.25) is 0 Å². The molecule has 2 aromatic carbocycles. The van der Waals surface area contributed by atoms with Crippen LogP contribution < -0.4 is 4.74 Å². The summed E-state index contributed by atoms with van der Waals surface area (Å²) in [6.45, 7) is 1.39. The number of rotatable bonds is 2. The van der Waals surface area contributed by atoms with Crippen LogP contribution in [0, 0.1) is 5.41 Å². The molecule has 27 heavy (non-hydrogen) atoms. The monoisotopic (exact) mass is 361 g/mol. The minimum atomic E-state index is -0.472. The molecular formula is C21H19N3O3. The van der Waals surface area contributed by atoms with Crippen molar-refractivity contribution in [2.24, 2.45) is 5.41 Å². The van der Waals surface area contributed by atoms with Crippen molar-refractivity contribution in [3.63, 3.8) is 0 Å². The Morgan fingerprint density at radius 2 is 2.04 bits per heavy atom. The summed E-state index contributed by atoms with van der Waals surface area (Å²) in [6, 6.07) is 13.4. The maximum Gasteiger partial charge on any atom is 0.256 e. The van der Waals surface area contributed by atoms with Crippen LogP contribution in [0.1, 0.15) is 21.8 Å². The zero-order valence-corrected chi connectivity index (χ0v) is 14.7. The molecule has 0 aliphatic carbocycles. The maximum absolute atomic E-state index is 13.3. The number of ether oxygens (including phenoxy) is 1. The van der Waals surface area contributed by atoms with Crippen LogP contribution in [0.3, 0.4) is 0 Å². The van der Waals surface area contributed by atoms with E-state index in [1.807, 2.05) is 41.3 Å². The van der Waals surface area contributed by atoms with Crippen molar-refractivity contribution >= 4 is 16.9 Å². The number of hydrogen-bond acceptors (Lipinski definition) is 5. The van der Waals surface area contributed by atoms with Gasteiger partial charge in [0.2, 0.25) is 0 Å². The Hall–Kier alpha value is -2.99. The van der Waals surface area contributed by atoms with Gasteiger partial charge in [-0.3, -0.25) is 14.8 Å². The molecule has 1 fully saturated rings. The quantitative estimate of drug-likeness (QED) is 0.758. The molecular weight excluding hydrogens is 342 g/mol. The minimum absolute atomic E-state index is 0.0227. The number of benzene rings is 2. The number of likely N-dealkylation sites (tertiary alicyclic amines) is 1. The first-order chi connectivity index (χ1) is 13.2. The lowest BCUT2D eigenvalue weighted by Crippen LogP contribution is -2.42. The molecule has 0 spiro atoms. The Labute approximate surface area is 156 Å². The topological polar surface area (TPSA) is 75.6 Å². The van der Waals surface area contributed by atoms with E-state index in [9.17, 15) is 9.90 Å². The summed E-state index contributed by atoms with van der Waals surface area (Å²) < 4.78 is 5.92. The van der Waals surface area contributed by atoms with Crippen LogP contribution in [-0.2, 0) is 0 Å². The molecule has 2 aliphatic rings. The zero-order valence-electron chi connectivity index (χ0n) is 14.7. The van der Waals surface area contributed by atoms with Gasteiger partial charge in [-0.1, -0.05) is 24.3 Å². The van der Waals surface area contributed by atoms with Gasteiger partial charge in [0.1, 0.15) is 11.3 Å². The fourth-order valence-corrected chi connectivity index (χ4v) is 4.36. The number of para-hydroxylation sites is 2. The fourth-order valence-electron chi connectivity index (χ4n) is 4.36. The minimum Gasteiger partial charge on any atom is -0.493 e. The highest BCUT2D eigenvalue weighted by Gasteiger charge is 2.52. The Kier molecular flexibility index (Phi) is 3.62. The zero-order chi connectivity index (χ0) is 18.4. The molecule has 0 saturated carbocycles. The third kappa shape index (κ3) is 2.40. The van der Waals surface area contributed by atoms with Gasteiger partial charge in [-0.2, -0.15) is 0 Å². The number of hydrogen-bond donors (Lipinski definition) is 1. The van der Waals surface area contributed by atoms with Crippen molar-refractivity contribution in [3.05, 3.63) is 66.0 Å². The lowest BCUT2D eigenvalue weighted by Gasteiger charge is -2.37. The van der Waals surface area contributed by atoms with Crippen molar-refractivity contribution in [1.29, 1.82) is 0 Å². The van der Waals surface area contributed by atoms with Crippen molar-refractivity contribution in [3.8, 4) is 5.75 Å². The average Bonchev–Trinajstić information content (AvgIpc) is 3.14. The molecule has 2 aliphatic heterocycles. The van der Waals surface area contributed by atoms with Crippen LogP contribution >= 0.6 is 0 Å². The molecule has 3 heterocycles. The van der Waals surface area contributed by atoms with Gasteiger partial charge in [-0.25, -0.2) is 0 Å². The van der Waals surface area contributed by atoms with E-state index in [0.29, 0.717) is 36.3 Å². The Morgan fingerprint density at radius 3 is 2.93 bits per heavy atom. The van der Waals surface area contributed by atoms with E-state index in [1.54, 1.807) is 18.5 Å². The number of fused-ring (bicyclic) bond motifs is 4. The summed E-state index contributed by atoms with van der Waals surface area (Å²) in [5.74, 6) is 0.815. The largest absolute Gasteiger partial charge is 0.493 e. The predicted molar refractivity (Wildman–Crippen MR) is 99.6 cm³/mol. The second-order valence-electron chi connectivity index (χ2n) is 7.31. The van der Waals surface area contributed by atoms with Gasteiger partial charge in [-0.05, 0) is 23.8 Å². The van der Waals surface area contributed by atoms with Crippen LogP contribution in [0.25, 0.3) is 11.0 Å². The molecule has 6 heteroatoms. The van der Waals surface area contributed by atoms with E-state index < -0.39 is 5.41 Å². The lowest BCUT2D eigenvalue weighted by atomic mass is 9.74. The van der Waals surface area contributed by atoms with Gasteiger partial charge in [0.15, 0.2) is 0 Å². The molecule has 0 radical (unpaired) electrons. The Bertz CT molecular complexity index is 1030. The third-order valence-corrected chi connectivity index (χ3v) is 5.79. The summed E-state index contributed by atoms with van der Waals surface area (Å²) in [5.41, 5.74) is 2.44. The van der Waals surface area contributed by atoms with Crippen molar-refractivity contribution in [2.75, 3.05) is 26.3 Å². The lowest BCUT2D eigenvalue weighted by molar-refractivity contribution is 0.0440. The standard InChI is InChI=1S/C21H19N3O3/c25-12-21-11-24(10-16(21)14-4-1-2-7-18(14)27-13-21)20(26)15-5-3-6-17-19(15)23-9-8-22-17/h1-9,16,25H,10-13H2/t16-,21-/m1/s1. The molecule has 1 N–H and O–H groups in total. The maximum atomic E-state index is 13.3. The Morgan fingerprint density at radius 1 is 1.19 bits per heavy atom. The highest BCUT2D eigenvalue weighted by Crippen LogP contribution is 2.49. The highest BCUT2D eigenvalue weighted by molar-refractivity contribution is 6.04. The molecule has 6 nitrogen and oxygen atoms in total. The van der Waals surface area contributed by atoms with Gasteiger partial charge in [0.05, 0.1) is 29.7 Å². The SMILES string of the molecule is O=C(c1cccc2nccnc12)N1C[C@@H]2c3ccccc3OC[C@]2(CO)C1. The van der Waals surface area contributed by atoms with Gasteiger partial charge in [0, 0.05) is 31.4 Å². The van der Waals surface area contributed by atoms with Gasteiger partial charge in [-0.15, -0.1) is 0 Å². The van der Waals surface area contributed by atoms with Crippen molar-refractivity contribution < 1.29 is 14.6 Å². The van der Waals surface area contributed by atoms with Gasteiger partial charge in [0.25, 0.3) is 5.91 Å². The number of carbonyl (C=O) groups excluding carboxylic acids is 1. The second-order valence-corrected chi connectivity index (χ2v) is 7.31. The molecule has 136 valence electrons. The Balaban J connectivity index is 1.53. The van der Waals surface area contributed by atoms with Crippen LogP contribution in [-0.4, -0.2) is 52.2 Å². The second kappa shape index (κ2) is 6.03. The van der Waals surface area contributed by atoms with Crippen molar-refractivity contribution in [2.45, 2.75) is 5.92 Å². The first-order valence-electron chi connectivity index (χ1n) is 9.03. The number of nitrogens with zero attached hydrogens (tertiary/aromatic N) is 3. The van der Waals surface area contributed by atoms with Crippen molar-refractivity contribution in [1.82, 2.24) is 14.9 Å². The van der Waals surface area contributed by atoms with Crippen LogP contribution in [0.4, 0.5) is 0 Å². The van der Waals surface area contributed by atoms with E-state index >= 15 is 0 Å². The number of amides is 1. The van der Waals surface area contributed by atoms with E-state index in [2.05, 4.69) is 9.97 Å². The number of carbonyl (C=O) groups is 1. The number of aliphatic hydroxyl groups is 1. The molecule has 2 atom stereocenters. The number of aliphatic hydroxyl groups excluding tert-OH is 1. The summed E-state index contributed by atoms with van der Waals surface area (Å²) in [7, 11) is 0. The normalized spacial score (nSPS) is 23.6. The van der Waals surface area contributed by atoms with E-state index in [-0.39, 0.29) is 18.4 Å². The number of aromatic nitrogens is 2. The van der Waals surface area contributed by atoms with Crippen LogP contribution in [0.15, 0.2) is 54.9 Å². The fraction of sp³-hybridized carbons (Fsp3) is 0.286. The average molecular weight is 361 g/mol. The molecule has 1 saturated heterocycles. The molecule has 0 unspecified atom stereocenters. The van der Waals surface area contributed by atoms with Gasteiger partial charge < -0.3 is 14.7 Å². The first-order valence-corrected chi connectivity index (χ1v) is 9.03. The third-order valence-electron chi connectivity index (χ3n) is 5.79. The van der Waals surface area contributed by atoms with E-state index in [1.165, 1.54) is 0 Å². The molecule has 1 amide bonds. The summed E-state index contributed by atoms with van der Waals surface area (Å²) in [6.07, 6.45) is 3.22. The van der Waals surface area contributed by atoms with E-state index in [0.717, 1.165) is 11.3 Å². The predicted octanol–water partition coefficient (Wildman–Crippen LogP) is 2.24. The van der Waals surface area contributed by atoms with E-state index in [4.69, 9.17) is 4.74 Å². The smallest absolute Gasteiger partial charge is 0.256 e. The summed E-state index contributed by atoms with van der Waals surface area (Å²) >= 11 is 0. The summed E-state index contributed by atoms with van der Waals surface area (Å²) in [5, 5.41) is 10.2. The van der Waals surface area contributed by atoms with Gasteiger partial charge >= 0.3 is 0 Å². The van der Waals surface area contributed by atoms with Crippen LogP contribution in [0.5, 0.6) is 5.75 Å². The first kappa shape index (κ1) is 16.2. The molecule has 1 aromatic heterocycles.